The van der Waals surface area contributed by atoms with Crippen LogP contribution in [0.25, 0.3) is 0 Å². The van der Waals surface area contributed by atoms with Gasteiger partial charge in [-0.05, 0) is 42.7 Å². The molecule has 0 aliphatic carbocycles. The van der Waals surface area contributed by atoms with Crippen molar-refractivity contribution < 1.29 is 4.39 Å². The fourth-order valence-electron chi connectivity index (χ4n) is 2.81. The Kier molecular flexibility index (Phi) is 3.65. The highest BCUT2D eigenvalue weighted by molar-refractivity contribution is 9.10. The highest BCUT2D eigenvalue weighted by atomic mass is 79.9. The molecule has 104 valence electrons. The Balaban J connectivity index is 1.93. The molecule has 1 aliphatic rings. The lowest BCUT2D eigenvalue weighted by Crippen LogP contribution is -2.58. The third kappa shape index (κ3) is 2.52. The minimum Gasteiger partial charge on any atom is -0.315 e. The minimum absolute atomic E-state index is 0.0231. The maximum absolute atomic E-state index is 14.0. The van der Waals surface area contributed by atoms with Gasteiger partial charge in [-0.15, -0.1) is 0 Å². The molecule has 1 heterocycles. The molecule has 3 rings (SSSR count). The Morgan fingerprint density at radius 2 is 1.85 bits per heavy atom. The molecule has 0 radical (unpaired) electrons. The molecular weight excluding hydrogens is 317 g/mol. The molecule has 0 unspecified atom stereocenters. The monoisotopic (exact) mass is 333 g/mol. The highest BCUT2D eigenvalue weighted by Crippen LogP contribution is 2.34. The Bertz CT molecular complexity index is 617. The second-order valence-corrected chi connectivity index (χ2v) is 6.58. The van der Waals surface area contributed by atoms with Crippen LogP contribution in [0.4, 0.5) is 4.39 Å². The van der Waals surface area contributed by atoms with Crippen LogP contribution in [0.5, 0.6) is 0 Å². The maximum atomic E-state index is 14.0. The van der Waals surface area contributed by atoms with E-state index in [0.717, 1.165) is 29.5 Å². The average Bonchev–Trinajstić information content (AvgIpc) is 2.39. The first-order valence-electron chi connectivity index (χ1n) is 6.81. The van der Waals surface area contributed by atoms with Gasteiger partial charge in [0.05, 0.1) is 0 Å². The highest BCUT2D eigenvalue weighted by Gasteiger charge is 2.39. The van der Waals surface area contributed by atoms with Crippen molar-refractivity contribution in [3.05, 3.63) is 69.4 Å². The second-order valence-electron chi connectivity index (χ2n) is 5.66. The van der Waals surface area contributed by atoms with Crippen LogP contribution < -0.4 is 5.32 Å². The number of hydrogen-bond donors (Lipinski definition) is 1. The molecule has 2 aromatic rings. The van der Waals surface area contributed by atoms with E-state index >= 15 is 0 Å². The average molecular weight is 334 g/mol. The van der Waals surface area contributed by atoms with E-state index in [0.29, 0.717) is 0 Å². The molecule has 0 bridgehead atoms. The van der Waals surface area contributed by atoms with Crippen LogP contribution in [0.2, 0.25) is 0 Å². The second kappa shape index (κ2) is 5.30. The van der Waals surface area contributed by atoms with Gasteiger partial charge in [0.25, 0.3) is 0 Å². The molecule has 0 aromatic heterocycles. The Morgan fingerprint density at radius 3 is 2.45 bits per heavy atom. The fourth-order valence-corrected chi connectivity index (χ4v) is 3.22. The predicted molar refractivity (Wildman–Crippen MR) is 83.5 cm³/mol. The molecule has 0 atom stereocenters. The van der Waals surface area contributed by atoms with Gasteiger partial charge in [-0.3, -0.25) is 0 Å². The largest absolute Gasteiger partial charge is 0.315 e. The predicted octanol–water partition coefficient (Wildman–Crippen LogP) is 3.98. The summed E-state index contributed by atoms with van der Waals surface area (Å²) >= 11 is 3.43. The van der Waals surface area contributed by atoms with E-state index in [9.17, 15) is 4.39 Å². The van der Waals surface area contributed by atoms with E-state index in [-0.39, 0.29) is 11.2 Å². The standard InChI is InChI=1S/C17H17BrFN/c1-12-2-4-14(5-3-12)17(10-20-11-17)9-13-8-15(18)6-7-16(13)19/h2-8,20H,9-11H2,1H3. The Morgan fingerprint density at radius 1 is 1.15 bits per heavy atom. The number of nitrogens with one attached hydrogen (secondary N) is 1. The van der Waals surface area contributed by atoms with E-state index in [4.69, 9.17) is 0 Å². The molecule has 0 saturated carbocycles. The van der Waals surface area contributed by atoms with Crippen LogP contribution in [-0.2, 0) is 11.8 Å². The van der Waals surface area contributed by atoms with E-state index < -0.39 is 0 Å². The van der Waals surface area contributed by atoms with Gasteiger partial charge in [0.2, 0.25) is 0 Å². The molecule has 1 N–H and O–H groups in total. The lowest BCUT2D eigenvalue weighted by atomic mass is 9.71. The van der Waals surface area contributed by atoms with Crippen molar-refractivity contribution in [1.29, 1.82) is 0 Å². The maximum Gasteiger partial charge on any atom is 0.126 e. The van der Waals surface area contributed by atoms with Crippen molar-refractivity contribution >= 4 is 15.9 Å². The van der Waals surface area contributed by atoms with E-state index in [1.807, 2.05) is 6.07 Å². The molecule has 1 fully saturated rings. The zero-order chi connectivity index (χ0) is 14.2. The van der Waals surface area contributed by atoms with E-state index in [2.05, 4.69) is 52.4 Å². The van der Waals surface area contributed by atoms with Gasteiger partial charge in [-0.25, -0.2) is 4.39 Å². The van der Waals surface area contributed by atoms with Crippen LogP contribution in [0.3, 0.4) is 0 Å². The van der Waals surface area contributed by atoms with Crippen LogP contribution in [0.1, 0.15) is 16.7 Å². The number of rotatable bonds is 3. The van der Waals surface area contributed by atoms with Crippen molar-refractivity contribution in [1.82, 2.24) is 5.32 Å². The van der Waals surface area contributed by atoms with Crippen molar-refractivity contribution in [3.63, 3.8) is 0 Å². The van der Waals surface area contributed by atoms with Crippen LogP contribution in [0.15, 0.2) is 46.9 Å². The quantitative estimate of drug-likeness (QED) is 0.895. The topological polar surface area (TPSA) is 12.0 Å². The van der Waals surface area contributed by atoms with Gasteiger partial charge in [0, 0.05) is 23.0 Å². The van der Waals surface area contributed by atoms with E-state index in [1.165, 1.54) is 17.2 Å². The first-order valence-corrected chi connectivity index (χ1v) is 7.60. The normalized spacial score (nSPS) is 16.8. The minimum atomic E-state index is -0.119. The summed E-state index contributed by atoms with van der Waals surface area (Å²) in [6.07, 6.45) is 0.730. The molecule has 0 amide bonds. The van der Waals surface area contributed by atoms with Crippen molar-refractivity contribution in [2.24, 2.45) is 0 Å². The molecule has 1 saturated heterocycles. The van der Waals surface area contributed by atoms with Crippen LogP contribution in [-0.4, -0.2) is 13.1 Å². The van der Waals surface area contributed by atoms with Crippen LogP contribution >= 0.6 is 15.9 Å². The van der Waals surface area contributed by atoms with E-state index in [1.54, 1.807) is 6.07 Å². The molecular formula is C17H17BrFN. The summed E-state index contributed by atoms with van der Waals surface area (Å²) in [6.45, 7) is 3.90. The zero-order valence-corrected chi connectivity index (χ0v) is 13.0. The lowest BCUT2D eigenvalue weighted by molar-refractivity contribution is 0.272. The fraction of sp³-hybridized carbons (Fsp3) is 0.294. The molecule has 20 heavy (non-hydrogen) atoms. The molecule has 3 heteroatoms. The third-order valence-electron chi connectivity index (χ3n) is 4.13. The summed E-state index contributed by atoms with van der Waals surface area (Å²) in [7, 11) is 0. The van der Waals surface area contributed by atoms with Gasteiger partial charge < -0.3 is 5.32 Å². The zero-order valence-electron chi connectivity index (χ0n) is 11.4. The number of benzene rings is 2. The lowest BCUT2D eigenvalue weighted by Gasteiger charge is -2.43. The smallest absolute Gasteiger partial charge is 0.126 e. The third-order valence-corrected chi connectivity index (χ3v) is 4.62. The van der Waals surface area contributed by atoms with Crippen molar-refractivity contribution in [2.75, 3.05) is 13.1 Å². The van der Waals surface area contributed by atoms with Crippen molar-refractivity contribution in [2.45, 2.75) is 18.8 Å². The SMILES string of the molecule is Cc1ccc(C2(Cc3cc(Br)ccc3F)CNC2)cc1. The molecule has 1 aliphatic heterocycles. The number of halogens is 2. The summed E-state index contributed by atoms with van der Waals surface area (Å²) in [5, 5.41) is 3.34. The summed E-state index contributed by atoms with van der Waals surface area (Å²) in [4.78, 5) is 0. The Labute approximate surface area is 127 Å². The van der Waals surface area contributed by atoms with Gasteiger partial charge >= 0.3 is 0 Å². The van der Waals surface area contributed by atoms with Gasteiger partial charge in [0.1, 0.15) is 5.82 Å². The molecule has 0 spiro atoms. The van der Waals surface area contributed by atoms with Crippen molar-refractivity contribution in [3.8, 4) is 0 Å². The van der Waals surface area contributed by atoms with Gasteiger partial charge in [-0.1, -0.05) is 45.8 Å². The number of hydrogen-bond acceptors (Lipinski definition) is 1. The summed E-state index contributed by atoms with van der Waals surface area (Å²) in [6, 6.07) is 13.8. The molecule has 1 nitrogen and oxygen atoms in total. The van der Waals surface area contributed by atoms with Gasteiger partial charge in [0.15, 0.2) is 0 Å². The summed E-state index contributed by atoms with van der Waals surface area (Å²) in [5.41, 5.74) is 3.35. The first kappa shape index (κ1) is 13.8. The molecule has 2 aromatic carbocycles. The first-order chi connectivity index (χ1) is 9.59. The summed E-state index contributed by atoms with van der Waals surface area (Å²) in [5.74, 6) is -0.119. The van der Waals surface area contributed by atoms with Gasteiger partial charge in [-0.2, -0.15) is 0 Å². The number of aryl methyl sites for hydroxylation is 1. The Hall–Kier alpha value is -1.19. The van der Waals surface area contributed by atoms with Crippen LogP contribution in [0, 0.1) is 12.7 Å². The summed E-state index contributed by atoms with van der Waals surface area (Å²) < 4.78 is 14.9.